The third-order valence-corrected chi connectivity index (χ3v) is 7.47. The van der Waals surface area contributed by atoms with E-state index in [4.69, 9.17) is 5.14 Å². The Morgan fingerprint density at radius 1 is 1.06 bits per heavy atom. The quantitative estimate of drug-likeness (QED) is 0.547. The Kier molecular flexibility index (Phi) is 5.37. The fraction of sp³-hybridized carbons (Fsp3) is 0.278. The Hall–Kier alpha value is -3.24. The molecule has 2 aromatic rings. The smallest absolute Gasteiger partial charge is 0.305 e. The number of anilines is 2. The van der Waals surface area contributed by atoms with Gasteiger partial charge >= 0.3 is 11.5 Å². The molecule has 0 unspecified atom stereocenters. The maximum Gasteiger partial charge on any atom is 0.501 e. The van der Waals surface area contributed by atoms with Crippen molar-refractivity contribution in [2.24, 2.45) is 5.14 Å². The third-order valence-electron chi connectivity index (χ3n) is 5.47. The molecule has 1 aromatic carbocycles. The Morgan fingerprint density at radius 2 is 1.68 bits per heavy atom. The van der Waals surface area contributed by atoms with Gasteiger partial charge in [0.25, 0.3) is 26.0 Å². The molecule has 0 atom stereocenters. The minimum absolute atomic E-state index is 0.00112. The van der Waals surface area contributed by atoms with Crippen molar-refractivity contribution >= 4 is 43.4 Å². The highest BCUT2D eigenvalue weighted by Gasteiger charge is 2.65. The fourth-order valence-electron chi connectivity index (χ4n) is 3.65. The lowest BCUT2D eigenvalue weighted by Gasteiger charge is -2.22. The van der Waals surface area contributed by atoms with Crippen molar-refractivity contribution in [2.75, 3.05) is 9.62 Å². The van der Waals surface area contributed by atoms with Gasteiger partial charge in [-0.15, -0.1) is 0 Å². The van der Waals surface area contributed by atoms with Crippen LogP contribution in [0.2, 0.25) is 0 Å². The second kappa shape index (κ2) is 7.64. The molecule has 11 nitrogen and oxygen atoms in total. The number of benzene rings is 1. The normalized spacial score (nSPS) is 18.0. The molecule has 1 aliphatic heterocycles. The van der Waals surface area contributed by atoms with E-state index in [0.29, 0.717) is 30.5 Å². The number of carbonyl (C=O) groups excluding carboxylic acids is 2. The van der Waals surface area contributed by atoms with Crippen LogP contribution in [0.25, 0.3) is 0 Å². The number of rotatable bonds is 6. The van der Waals surface area contributed by atoms with Crippen LogP contribution in [0.4, 0.5) is 29.3 Å². The molecule has 1 spiro atoms. The molecular weight excluding hydrogens is 503 g/mol. The number of sulfone groups is 1. The number of hydrogen-bond acceptors (Lipinski definition) is 7. The highest BCUT2D eigenvalue weighted by Crippen LogP contribution is 2.50. The third kappa shape index (κ3) is 3.97. The largest absolute Gasteiger partial charge is 0.501 e. The van der Waals surface area contributed by atoms with E-state index in [9.17, 15) is 39.6 Å². The van der Waals surface area contributed by atoms with E-state index in [1.807, 2.05) is 0 Å². The summed E-state index contributed by atoms with van der Waals surface area (Å²) in [4.78, 5) is 31.0. The van der Waals surface area contributed by atoms with Gasteiger partial charge in [0.05, 0.1) is 29.0 Å². The van der Waals surface area contributed by atoms with Gasteiger partial charge in [-0.25, -0.2) is 23.3 Å². The zero-order chi connectivity index (χ0) is 25.1. The first-order chi connectivity index (χ1) is 15.7. The summed E-state index contributed by atoms with van der Waals surface area (Å²) in [7, 11) is -9.75. The van der Waals surface area contributed by atoms with Crippen LogP contribution in [0.15, 0.2) is 47.6 Å². The van der Waals surface area contributed by atoms with E-state index in [1.54, 1.807) is 0 Å². The van der Waals surface area contributed by atoms with E-state index in [0.717, 1.165) is 17.0 Å². The Bertz CT molecular complexity index is 1390. The van der Waals surface area contributed by atoms with E-state index in [2.05, 4.69) is 9.71 Å². The summed E-state index contributed by atoms with van der Waals surface area (Å²) in [6.07, 6.45) is 3.16. The number of aromatic nitrogens is 1. The molecular formula is C18H16F3N5O6S2. The van der Waals surface area contributed by atoms with Gasteiger partial charge in [0, 0.05) is 6.20 Å². The second-order valence-electron chi connectivity index (χ2n) is 7.66. The average Bonchev–Trinajstić information content (AvgIpc) is 3.50. The van der Waals surface area contributed by atoms with Gasteiger partial charge < -0.3 is 4.90 Å². The molecule has 3 amide bonds. The molecule has 0 radical (unpaired) electrons. The van der Waals surface area contributed by atoms with Crippen molar-refractivity contribution in [3.63, 3.8) is 0 Å². The molecule has 0 bridgehead atoms. The first-order valence-electron chi connectivity index (χ1n) is 9.48. The van der Waals surface area contributed by atoms with Crippen LogP contribution in [0.1, 0.15) is 18.4 Å². The lowest BCUT2D eigenvalue weighted by Crippen LogP contribution is -2.37. The monoisotopic (exact) mass is 519 g/mol. The van der Waals surface area contributed by atoms with Gasteiger partial charge in [-0.2, -0.15) is 21.6 Å². The van der Waals surface area contributed by atoms with Gasteiger partial charge in [-0.05, 0) is 48.7 Å². The lowest BCUT2D eigenvalue weighted by molar-refractivity contribution is -0.120. The standard InChI is InChI=1S/C18H16F3N5O6S2/c19-18(20,21)33(29,30)13-3-1-12(2-4-13)26-15(27)17(6-7-17)25(16(26)28)10-11-5-8-23-9-14(11)24-34(22,31)32/h1-5,8-9,24H,6-7,10H2,(H2,22,31,32). The molecule has 34 heavy (non-hydrogen) atoms. The fourth-order valence-corrected chi connectivity index (χ4v) is 4.90. The van der Waals surface area contributed by atoms with E-state index >= 15 is 0 Å². The SMILES string of the molecule is NS(=O)(=O)Nc1cnccc1CN1C(=O)N(c2ccc(S(=O)(=O)C(F)(F)F)cc2)C(=O)C12CC2. The van der Waals surface area contributed by atoms with Gasteiger partial charge in [0.2, 0.25) is 0 Å². The average molecular weight is 519 g/mol. The van der Waals surface area contributed by atoms with Crippen LogP contribution < -0.4 is 14.8 Å². The van der Waals surface area contributed by atoms with Crippen molar-refractivity contribution in [1.82, 2.24) is 9.88 Å². The molecule has 1 saturated heterocycles. The minimum atomic E-state index is -5.60. The van der Waals surface area contributed by atoms with E-state index < -0.39 is 47.9 Å². The van der Waals surface area contributed by atoms with Gasteiger partial charge in [-0.1, -0.05) is 0 Å². The molecule has 2 aliphatic rings. The Morgan fingerprint density at radius 3 is 2.21 bits per heavy atom. The zero-order valence-corrected chi connectivity index (χ0v) is 18.6. The number of nitrogens with zero attached hydrogens (tertiary/aromatic N) is 3. The summed E-state index contributed by atoms with van der Waals surface area (Å²) < 4.78 is 86.4. The predicted molar refractivity (Wildman–Crippen MR) is 111 cm³/mol. The molecule has 3 N–H and O–H groups in total. The summed E-state index contributed by atoms with van der Waals surface area (Å²) in [5.41, 5.74) is -6.51. The Labute approximate surface area is 191 Å². The number of carbonyl (C=O) groups is 2. The predicted octanol–water partition coefficient (Wildman–Crippen LogP) is 1.49. The first kappa shape index (κ1) is 23.9. The number of alkyl halides is 3. The first-order valence-corrected chi connectivity index (χ1v) is 12.5. The number of amides is 3. The van der Waals surface area contributed by atoms with Crippen LogP contribution in [0, 0.1) is 0 Å². The summed E-state index contributed by atoms with van der Waals surface area (Å²) in [5.74, 6) is -0.626. The molecule has 182 valence electrons. The van der Waals surface area contributed by atoms with Crippen molar-refractivity contribution in [1.29, 1.82) is 0 Å². The summed E-state index contributed by atoms with van der Waals surface area (Å²) >= 11 is 0. The number of halogens is 3. The highest BCUT2D eigenvalue weighted by molar-refractivity contribution is 7.92. The summed E-state index contributed by atoms with van der Waals surface area (Å²) in [5, 5.41) is 5.00. The maximum atomic E-state index is 13.2. The van der Waals surface area contributed by atoms with Crippen LogP contribution in [0.5, 0.6) is 0 Å². The number of urea groups is 1. The Balaban J connectivity index is 1.65. The van der Waals surface area contributed by atoms with Gasteiger partial charge in [0.15, 0.2) is 0 Å². The number of nitrogens with one attached hydrogen (secondary N) is 1. The molecule has 1 saturated carbocycles. The zero-order valence-electron chi connectivity index (χ0n) is 17.0. The van der Waals surface area contributed by atoms with Crippen molar-refractivity contribution in [2.45, 2.75) is 35.3 Å². The topological polar surface area (TPSA) is 160 Å². The number of imide groups is 1. The number of pyridine rings is 1. The van der Waals surface area contributed by atoms with Gasteiger partial charge in [-0.3, -0.25) is 14.5 Å². The summed E-state index contributed by atoms with van der Waals surface area (Å²) in [6, 6.07) is 3.84. The molecule has 2 heterocycles. The summed E-state index contributed by atoms with van der Waals surface area (Å²) in [6.45, 7) is -0.192. The van der Waals surface area contributed by atoms with Crippen LogP contribution in [0.3, 0.4) is 0 Å². The van der Waals surface area contributed by atoms with Crippen LogP contribution in [-0.4, -0.2) is 49.7 Å². The van der Waals surface area contributed by atoms with Gasteiger partial charge in [0.1, 0.15) is 5.54 Å². The number of nitrogens with two attached hydrogens (primary N) is 1. The second-order valence-corrected chi connectivity index (χ2v) is 10.9. The van der Waals surface area contributed by atoms with Crippen molar-refractivity contribution in [3.8, 4) is 0 Å². The van der Waals surface area contributed by atoms with Crippen molar-refractivity contribution in [3.05, 3.63) is 48.3 Å². The molecule has 16 heteroatoms. The lowest BCUT2D eigenvalue weighted by atomic mass is 10.1. The van der Waals surface area contributed by atoms with Crippen molar-refractivity contribution < 1.29 is 39.6 Å². The number of hydrogen-bond donors (Lipinski definition) is 2. The maximum absolute atomic E-state index is 13.2. The molecule has 1 aromatic heterocycles. The molecule has 4 rings (SSSR count). The van der Waals surface area contributed by atoms with E-state index in [1.165, 1.54) is 23.4 Å². The highest BCUT2D eigenvalue weighted by atomic mass is 32.2. The molecule has 1 aliphatic carbocycles. The van der Waals surface area contributed by atoms with E-state index in [-0.39, 0.29) is 17.9 Å². The molecule has 2 fully saturated rings. The minimum Gasteiger partial charge on any atom is -0.305 e. The van der Waals surface area contributed by atoms with Crippen LogP contribution in [-0.2, 0) is 31.4 Å². The van der Waals surface area contributed by atoms with Crippen LogP contribution >= 0.6 is 0 Å².